The third-order valence-electron chi connectivity index (χ3n) is 5.25. The maximum Gasteiger partial charge on any atom is 0.338 e. The number of ether oxygens (including phenoxy) is 3. The highest BCUT2D eigenvalue weighted by Gasteiger charge is 2.20. The molecule has 1 aromatic heterocycles. The number of benzene rings is 2. The first kappa shape index (κ1) is 23.0. The molecule has 0 radical (unpaired) electrons. The number of aromatic nitrogens is 1. The number of anilines is 2. The lowest BCUT2D eigenvalue weighted by atomic mass is 10.1. The first-order valence-corrected chi connectivity index (χ1v) is 11.1. The Morgan fingerprint density at radius 3 is 2.70 bits per heavy atom. The molecule has 3 aromatic rings. The molecule has 9 nitrogen and oxygen atoms in total. The van der Waals surface area contributed by atoms with Gasteiger partial charge in [-0.3, -0.25) is 15.0 Å². The lowest BCUT2D eigenvalue weighted by Gasteiger charge is -2.24. The van der Waals surface area contributed by atoms with Crippen molar-refractivity contribution in [2.75, 3.05) is 25.6 Å². The minimum Gasteiger partial charge on any atom is -0.490 e. The van der Waals surface area contributed by atoms with Gasteiger partial charge in [0.05, 0.1) is 42.7 Å². The zero-order valence-corrected chi connectivity index (χ0v) is 19.3. The van der Waals surface area contributed by atoms with Gasteiger partial charge >= 0.3 is 5.97 Å². The molecular formula is C23H22BrN3O6. The van der Waals surface area contributed by atoms with E-state index in [1.165, 1.54) is 13.3 Å². The number of hydrogen-bond acceptors (Lipinski definition) is 8. The average molecular weight is 516 g/mol. The van der Waals surface area contributed by atoms with Crippen molar-refractivity contribution in [2.45, 2.75) is 18.9 Å². The summed E-state index contributed by atoms with van der Waals surface area (Å²) in [5.74, 6) is -0.758. The van der Waals surface area contributed by atoms with E-state index in [0.29, 0.717) is 46.8 Å². The molecule has 1 aliphatic heterocycles. The number of carbonyl (C=O) groups excluding carboxylic acids is 2. The molecule has 0 bridgehead atoms. The van der Waals surface area contributed by atoms with Gasteiger partial charge in [-0.2, -0.15) is 0 Å². The Morgan fingerprint density at radius 2 is 1.97 bits per heavy atom. The summed E-state index contributed by atoms with van der Waals surface area (Å²) in [6, 6.07) is 10.4. The third kappa shape index (κ3) is 5.24. The van der Waals surface area contributed by atoms with Gasteiger partial charge in [0, 0.05) is 40.7 Å². The van der Waals surface area contributed by atoms with Crippen LogP contribution in [0.15, 0.2) is 47.1 Å². The highest BCUT2D eigenvalue weighted by Crippen LogP contribution is 2.33. The number of methoxy groups -OCH3 is 1. The van der Waals surface area contributed by atoms with Crippen molar-refractivity contribution >= 4 is 50.1 Å². The Morgan fingerprint density at radius 1 is 1.18 bits per heavy atom. The van der Waals surface area contributed by atoms with Crippen molar-refractivity contribution in [1.82, 2.24) is 10.5 Å². The molecule has 172 valence electrons. The summed E-state index contributed by atoms with van der Waals surface area (Å²) < 4.78 is 17.2. The molecule has 2 aromatic carbocycles. The molecule has 1 amide bonds. The van der Waals surface area contributed by atoms with E-state index in [-0.39, 0.29) is 11.7 Å². The van der Waals surface area contributed by atoms with Crippen LogP contribution in [-0.4, -0.2) is 48.5 Å². The lowest BCUT2D eigenvalue weighted by Crippen LogP contribution is -2.26. The van der Waals surface area contributed by atoms with Crippen LogP contribution in [0.3, 0.4) is 0 Å². The van der Waals surface area contributed by atoms with Crippen LogP contribution in [-0.2, 0) is 9.47 Å². The first-order valence-electron chi connectivity index (χ1n) is 10.3. The molecule has 33 heavy (non-hydrogen) atoms. The van der Waals surface area contributed by atoms with Crippen LogP contribution in [0.25, 0.3) is 10.9 Å². The number of amides is 1. The quantitative estimate of drug-likeness (QED) is 0.254. The number of nitrogens with zero attached hydrogens (tertiary/aromatic N) is 1. The van der Waals surface area contributed by atoms with Crippen molar-refractivity contribution in [3.8, 4) is 5.75 Å². The van der Waals surface area contributed by atoms with Gasteiger partial charge in [0.2, 0.25) is 0 Å². The van der Waals surface area contributed by atoms with E-state index >= 15 is 0 Å². The van der Waals surface area contributed by atoms with Crippen molar-refractivity contribution in [3.63, 3.8) is 0 Å². The van der Waals surface area contributed by atoms with E-state index < -0.39 is 11.9 Å². The molecule has 0 atom stereocenters. The average Bonchev–Trinajstić information content (AvgIpc) is 2.83. The van der Waals surface area contributed by atoms with Gasteiger partial charge < -0.3 is 19.5 Å². The van der Waals surface area contributed by atoms with Crippen molar-refractivity contribution in [1.29, 1.82) is 0 Å². The summed E-state index contributed by atoms with van der Waals surface area (Å²) in [4.78, 5) is 28.9. The van der Waals surface area contributed by atoms with E-state index in [4.69, 9.17) is 14.2 Å². The highest BCUT2D eigenvalue weighted by molar-refractivity contribution is 9.10. The van der Waals surface area contributed by atoms with Crippen LogP contribution in [0.4, 0.5) is 11.4 Å². The van der Waals surface area contributed by atoms with Crippen LogP contribution in [0, 0.1) is 0 Å². The van der Waals surface area contributed by atoms with Crippen molar-refractivity contribution in [2.24, 2.45) is 0 Å². The molecule has 4 rings (SSSR count). The molecule has 0 unspecified atom stereocenters. The number of carbonyl (C=O) groups is 2. The lowest BCUT2D eigenvalue weighted by molar-refractivity contribution is 0.0254. The number of esters is 1. The number of halogens is 1. The second kappa shape index (κ2) is 10.2. The van der Waals surface area contributed by atoms with Crippen LogP contribution in [0.2, 0.25) is 0 Å². The van der Waals surface area contributed by atoms with E-state index in [2.05, 4.69) is 26.2 Å². The fraction of sp³-hybridized carbons (Fsp3) is 0.261. The van der Waals surface area contributed by atoms with Crippen LogP contribution in [0.5, 0.6) is 5.75 Å². The largest absolute Gasteiger partial charge is 0.490 e. The molecular weight excluding hydrogens is 494 g/mol. The molecule has 0 saturated carbocycles. The van der Waals surface area contributed by atoms with E-state index in [9.17, 15) is 14.8 Å². The highest BCUT2D eigenvalue weighted by atomic mass is 79.9. The van der Waals surface area contributed by atoms with Crippen molar-refractivity contribution in [3.05, 3.63) is 58.2 Å². The maximum atomic E-state index is 12.3. The van der Waals surface area contributed by atoms with E-state index in [0.717, 1.165) is 17.3 Å². The number of pyridine rings is 1. The molecule has 1 saturated heterocycles. The number of nitrogens with one attached hydrogen (secondary N) is 2. The Bertz CT molecular complexity index is 1200. The predicted molar refractivity (Wildman–Crippen MR) is 124 cm³/mol. The summed E-state index contributed by atoms with van der Waals surface area (Å²) in [5.41, 5.74) is 3.61. The zero-order chi connectivity index (χ0) is 23.4. The molecule has 0 aliphatic carbocycles. The van der Waals surface area contributed by atoms with Crippen LogP contribution < -0.4 is 15.5 Å². The summed E-state index contributed by atoms with van der Waals surface area (Å²) in [5, 5.41) is 13.1. The van der Waals surface area contributed by atoms with Gasteiger partial charge in [-0.05, 0) is 30.3 Å². The second-order valence-corrected chi connectivity index (χ2v) is 8.36. The number of hydroxylamine groups is 1. The molecule has 2 heterocycles. The van der Waals surface area contributed by atoms with Gasteiger partial charge in [-0.25, -0.2) is 10.3 Å². The van der Waals surface area contributed by atoms with Crippen LogP contribution in [0.1, 0.15) is 33.6 Å². The van der Waals surface area contributed by atoms with Crippen LogP contribution >= 0.6 is 15.9 Å². The van der Waals surface area contributed by atoms with Gasteiger partial charge in [0.15, 0.2) is 0 Å². The SMILES string of the molecule is COC(=O)c1cc(Nc2c(C(=O)NO)cnc3cc(Br)ccc23)cc(OC2CCOCC2)c1. The first-order chi connectivity index (χ1) is 16.0. The van der Waals surface area contributed by atoms with Crippen molar-refractivity contribution < 1.29 is 29.0 Å². The Labute approximate surface area is 198 Å². The fourth-order valence-electron chi connectivity index (χ4n) is 3.64. The second-order valence-electron chi connectivity index (χ2n) is 7.44. The maximum absolute atomic E-state index is 12.3. The smallest absolute Gasteiger partial charge is 0.338 e. The Kier molecular flexibility index (Phi) is 7.07. The minimum absolute atomic E-state index is 0.0330. The number of fused-ring (bicyclic) bond motifs is 1. The number of rotatable bonds is 6. The molecule has 1 aliphatic rings. The van der Waals surface area contributed by atoms with Gasteiger partial charge in [-0.1, -0.05) is 15.9 Å². The Hall–Kier alpha value is -3.21. The summed E-state index contributed by atoms with van der Waals surface area (Å²) >= 11 is 3.42. The minimum atomic E-state index is -0.724. The molecule has 10 heteroatoms. The normalized spacial score (nSPS) is 14.0. The summed E-state index contributed by atoms with van der Waals surface area (Å²) in [7, 11) is 1.30. The number of hydrogen-bond donors (Lipinski definition) is 3. The van der Waals surface area contributed by atoms with Gasteiger partial charge in [0.25, 0.3) is 5.91 Å². The summed E-state index contributed by atoms with van der Waals surface area (Å²) in [6.45, 7) is 1.23. The molecule has 3 N–H and O–H groups in total. The fourth-order valence-corrected chi connectivity index (χ4v) is 3.99. The standard InChI is InChI=1S/C23H22BrN3O6/c1-31-23(29)13-8-15(11-17(9-13)33-16-4-6-32-7-5-16)26-21-18-3-2-14(24)10-20(18)25-12-19(21)22(28)27-30/h2-3,8-12,16,30H,4-7H2,1H3,(H,25,26)(H,27,28). The van der Waals surface area contributed by atoms with E-state index in [1.807, 2.05) is 12.1 Å². The zero-order valence-electron chi connectivity index (χ0n) is 17.8. The molecule has 1 fully saturated rings. The molecule has 0 spiro atoms. The Balaban J connectivity index is 1.77. The summed E-state index contributed by atoms with van der Waals surface area (Å²) in [6.07, 6.45) is 2.83. The predicted octanol–water partition coefficient (Wildman–Crippen LogP) is 4.20. The third-order valence-corrected chi connectivity index (χ3v) is 5.74. The van der Waals surface area contributed by atoms with Gasteiger partial charge in [-0.15, -0.1) is 0 Å². The van der Waals surface area contributed by atoms with E-state index in [1.54, 1.807) is 29.7 Å². The van der Waals surface area contributed by atoms with Gasteiger partial charge in [0.1, 0.15) is 11.9 Å². The monoisotopic (exact) mass is 515 g/mol. The topological polar surface area (TPSA) is 119 Å².